The zero-order valence-corrected chi connectivity index (χ0v) is 12.8. The molecule has 1 rings (SSSR count). The molecule has 1 aromatic carbocycles. The Labute approximate surface area is 124 Å². The lowest BCUT2D eigenvalue weighted by atomic mass is 10.2. The van der Waals surface area contributed by atoms with Crippen LogP contribution in [0, 0.1) is 0 Å². The van der Waals surface area contributed by atoms with Gasteiger partial charge in [-0.3, -0.25) is 4.79 Å². The summed E-state index contributed by atoms with van der Waals surface area (Å²) in [6.45, 7) is 3.21. The maximum Gasteiger partial charge on any atom is 0.257 e. The molecule has 0 aliphatic carbocycles. The van der Waals surface area contributed by atoms with Crippen LogP contribution in [-0.2, 0) is 11.3 Å². The second kappa shape index (κ2) is 8.66. The third-order valence-electron chi connectivity index (χ3n) is 2.59. The maximum absolute atomic E-state index is 11.5. The molecule has 0 saturated heterocycles. The molecule has 0 aliphatic heterocycles. The van der Waals surface area contributed by atoms with Gasteiger partial charge in [-0.05, 0) is 31.2 Å². The zero-order chi connectivity index (χ0) is 15.0. The molecule has 0 radical (unpaired) electrons. The molecular formula is C14H21ClN2O3. The van der Waals surface area contributed by atoms with Crippen LogP contribution in [0.15, 0.2) is 12.1 Å². The molecule has 5 nitrogen and oxygen atoms in total. The minimum Gasteiger partial charge on any atom is -0.493 e. The summed E-state index contributed by atoms with van der Waals surface area (Å²) >= 11 is 6.17. The van der Waals surface area contributed by atoms with Gasteiger partial charge in [0.15, 0.2) is 18.1 Å². The van der Waals surface area contributed by atoms with Gasteiger partial charge in [0.05, 0.1) is 12.1 Å². The van der Waals surface area contributed by atoms with Crippen molar-refractivity contribution in [1.29, 1.82) is 0 Å². The Balaban J connectivity index is 2.76. The SMILES string of the molecule is CCCNC(=O)COc1c(Cl)cc(CNC)cc1OC. The van der Waals surface area contributed by atoms with Crippen molar-refractivity contribution in [1.82, 2.24) is 10.6 Å². The Kier molecular flexibility index (Phi) is 7.18. The molecule has 0 saturated carbocycles. The van der Waals surface area contributed by atoms with Crippen molar-refractivity contribution in [3.63, 3.8) is 0 Å². The lowest BCUT2D eigenvalue weighted by molar-refractivity contribution is -0.123. The first-order valence-corrected chi connectivity index (χ1v) is 6.90. The van der Waals surface area contributed by atoms with Gasteiger partial charge in [0.1, 0.15) is 0 Å². The van der Waals surface area contributed by atoms with Crippen molar-refractivity contribution >= 4 is 17.5 Å². The van der Waals surface area contributed by atoms with E-state index in [9.17, 15) is 4.79 Å². The molecular weight excluding hydrogens is 280 g/mol. The molecule has 0 bridgehead atoms. The highest BCUT2D eigenvalue weighted by Gasteiger charge is 2.13. The molecule has 0 aliphatic rings. The number of carbonyl (C=O) groups excluding carboxylic acids is 1. The van der Waals surface area contributed by atoms with Crippen LogP contribution in [0.25, 0.3) is 0 Å². The zero-order valence-electron chi connectivity index (χ0n) is 12.1. The molecule has 6 heteroatoms. The van der Waals surface area contributed by atoms with Gasteiger partial charge in [0.25, 0.3) is 5.91 Å². The van der Waals surface area contributed by atoms with Crippen molar-refractivity contribution in [2.75, 3.05) is 27.3 Å². The van der Waals surface area contributed by atoms with E-state index in [0.29, 0.717) is 29.6 Å². The van der Waals surface area contributed by atoms with Crippen molar-refractivity contribution < 1.29 is 14.3 Å². The lowest BCUT2D eigenvalue weighted by Gasteiger charge is -2.14. The van der Waals surface area contributed by atoms with Crippen molar-refractivity contribution in [3.05, 3.63) is 22.7 Å². The van der Waals surface area contributed by atoms with E-state index in [1.54, 1.807) is 13.2 Å². The Hall–Kier alpha value is -1.46. The summed E-state index contributed by atoms with van der Waals surface area (Å²) in [5.74, 6) is 0.732. The van der Waals surface area contributed by atoms with Gasteiger partial charge in [-0.15, -0.1) is 0 Å². The summed E-state index contributed by atoms with van der Waals surface area (Å²) in [7, 11) is 3.39. The molecule has 0 fully saturated rings. The highest BCUT2D eigenvalue weighted by Crippen LogP contribution is 2.36. The second-order valence-corrected chi connectivity index (χ2v) is 4.69. The van der Waals surface area contributed by atoms with Gasteiger partial charge in [0.2, 0.25) is 0 Å². The molecule has 1 aromatic rings. The molecule has 0 atom stereocenters. The van der Waals surface area contributed by atoms with Crippen LogP contribution >= 0.6 is 11.6 Å². The average Bonchev–Trinajstić information content (AvgIpc) is 2.43. The lowest BCUT2D eigenvalue weighted by Crippen LogP contribution is -2.29. The minimum atomic E-state index is -0.177. The number of benzene rings is 1. The van der Waals surface area contributed by atoms with Gasteiger partial charge in [0, 0.05) is 13.1 Å². The third-order valence-corrected chi connectivity index (χ3v) is 2.87. The predicted molar refractivity (Wildman–Crippen MR) is 79.6 cm³/mol. The van der Waals surface area contributed by atoms with E-state index in [1.807, 2.05) is 20.0 Å². The van der Waals surface area contributed by atoms with Crippen LogP contribution in [0.1, 0.15) is 18.9 Å². The standard InChI is InChI=1S/C14H21ClN2O3/c1-4-5-17-13(18)9-20-14-11(15)6-10(8-16-2)7-12(14)19-3/h6-7,16H,4-5,8-9H2,1-3H3,(H,17,18). The molecule has 1 amide bonds. The Morgan fingerprint density at radius 3 is 2.75 bits per heavy atom. The van der Waals surface area contributed by atoms with E-state index in [0.717, 1.165) is 12.0 Å². The average molecular weight is 301 g/mol. The quantitative estimate of drug-likeness (QED) is 0.771. The van der Waals surface area contributed by atoms with Gasteiger partial charge in [-0.1, -0.05) is 18.5 Å². The van der Waals surface area contributed by atoms with E-state index < -0.39 is 0 Å². The topological polar surface area (TPSA) is 59.6 Å². The second-order valence-electron chi connectivity index (χ2n) is 4.28. The first kappa shape index (κ1) is 16.6. The highest BCUT2D eigenvalue weighted by atomic mass is 35.5. The molecule has 0 spiro atoms. The van der Waals surface area contributed by atoms with Gasteiger partial charge < -0.3 is 20.1 Å². The number of rotatable bonds is 8. The number of ether oxygens (including phenoxy) is 2. The number of amides is 1. The molecule has 0 unspecified atom stereocenters. The van der Waals surface area contributed by atoms with E-state index >= 15 is 0 Å². The summed E-state index contributed by atoms with van der Waals surface area (Å²) in [5.41, 5.74) is 0.983. The fourth-order valence-electron chi connectivity index (χ4n) is 1.67. The van der Waals surface area contributed by atoms with Crippen molar-refractivity contribution in [3.8, 4) is 11.5 Å². The van der Waals surface area contributed by atoms with Gasteiger partial charge in [-0.25, -0.2) is 0 Å². The minimum absolute atomic E-state index is 0.0819. The Bertz CT molecular complexity index is 452. The normalized spacial score (nSPS) is 10.2. The van der Waals surface area contributed by atoms with Crippen LogP contribution in [0.2, 0.25) is 5.02 Å². The van der Waals surface area contributed by atoms with Gasteiger partial charge in [-0.2, -0.15) is 0 Å². The molecule has 0 heterocycles. The summed E-state index contributed by atoms with van der Waals surface area (Å²) in [6.07, 6.45) is 0.883. The molecule has 2 N–H and O–H groups in total. The number of nitrogens with one attached hydrogen (secondary N) is 2. The molecule has 112 valence electrons. The highest BCUT2D eigenvalue weighted by molar-refractivity contribution is 6.32. The van der Waals surface area contributed by atoms with E-state index in [2.05, 4.69) is 10.6 Å². The molecule has 0 aromatic heterocycles. The summed E-state index contributed by atoms with van der Waals surface area (Å²) < 4.78 is 10.7. The smallest absolute Gasteiger partial charge is 0.257 e. The summed E-state index contributed by atoms with van der Waals surface area (Å²) in [5, 5.41) is 6.20. The third kappa shape index (κ3) is 4.90. The van der Waals surface area contributed by atoms with Crippen LogP contribution in [-0.4, -0.2) is 33.2 Å². The number of hydrogen-bond donors (Lipinski definition) is 2. The maximum atomic E-state index is 11.5. The van der Waals surface area contributed by atoms with Crippen LogP contribution in [0.3, 0.4) is 0 Å². The van der Waals surface area contributed by atoms with E-state index in [4.69, 9.17) is 21.1 Å². The summed E-state index contributed by atoms with van der Waals surface area (Å²) in [4.78, 5) is 11.5. The largest absolute Gasteiger partial charge is 0.493 e. The number of carbonyl (C=O) groups is 1. The predicted octanol–water partition coefficient (Wildman–Crippen LogP) is 1.97. The first-order valence-electron chi connectivity index (χ1n) is 6.52. The fraction of sp³-hybridized carbons (Fsp3) is 0.500. The molecule has 20 heavy (non-hydrogen) atoms. The van der Waals surface area contributed by atoms with Crippen LogP contribution in [0.5, 0.6) is 11.5 Å². The number of methoxy groups -OCH3 is 1. The van der Waals surface area contributed by atoms with Gasteiger partial charge >= 0.3 is 0 Å². The monoisotopic (exact) mass is 300 g/mol. The summed E-state index contributed by atoms with van der Waals surface area (Å²) in [6, 6.07) is 3.63. The Morgan fingerprint density at radius 1 is 1.40 bits per heavy atom. The number of hydrogen-bond acceptors (Lipinski definition) is 4. The number of halogens is 1. The van der Waals surface area contributed by atoms with Crippen LogP contribution < -0.4 is 20.1 Å². The Morgan fingerprint density at radius 2 is 2.15 bits per heavy atom. The van der Waals surface area contributed by atoms with E-state index in [-0.39, 0.29) is 12.5 Å². The fourth-order valence-corrected chi connectivity index (χ4v) is 1.96. The van der Waals surface area contributed by atoms with E-state index in [1.165, 1.54) is 0 Å². The van der Waals surface area contributed by atoms with Crippen LogP contribution in [0.4, 0.5) is 0 Å². The van der Waals surface area contributed by atoms with Crippen molar-refractivity contribution in [2.24, 2.45) is 0 Å². The first-order chi connectivity index (χ1) is 9.62. The van der Waals surface area contributed by atoms with Crippen molar-refractivity contribution in [2.45, 2.75) is 19.9 Å².